The molecule has 0 atom stereocenters. The van der Waals surface area contributed by atoms with Gasteiger partial charge in [-0.3, -0.25) is 4.79 Å². The number of nitrogens with zero attached hydrogens (tertiary/aromatic N) is 1. The van der Waals surface area contributed by atoms with E-state index in [-0.39, 0.29) is 21.4 Å². The minimum atomic E-state index is -3.64. The number of piperidine rings is 1. The minimum Gasteiger partial charge on any atom is -0.351 e. The molecule has 0 aromatic heterocycles. The molecule has 0 saturated carbocycles. The number of benzene rings is 2. The number of thioether (sulfide) groups is 1. The molecule has 3 rings (SSSR count). The van der Waals surface area contributed by atoms with Crippen molar-refractivity contribution in [3.05, 3.63) is 58.1 Å². The van der Waals surface area contributed by atoms with Crippen molar-refractivity contribution in [2.45, 2.75) is 29.6 Å². The molecule has 1 fully saturated rings. The zero-order valence-electron chi connectivity index (χ0n) is 16.6. The Labute approximate surface area is 192 Å². The van der Waals surface area contributed by atoms with Gasteiger partial charge in [-0.25, -0.2) is 8.42 Å². The van der Waals surface area contributed by atoms with Crippen LogP contribution >= 0.6 is 35.0 Å². The van der Waals surface area contributed by atoms with Crippen LogP contribution in [0.2, 0.25) is 10.0 Å². The SMILES string of the molecule is CC1CCN(S(=O)(=O)c2ccc(Cl)c(C(=O)NCCSc3ccc(Cl)cc3)c2)CC1. The number of carbonyl (C=O) groups is 1. The third-order valence-electron chi connectivity index (χ3n) is 5.03. The first-order chi connectivity index (χ1) is 14.3. The van der Waals surface area contributed by atoms with E-state index in [0.717, 1.165) is 17.7 Å². The second kappa shape index (κ2) is 10.4. The van der Waals surface area contributed by atoms with Gasteiger partial charge in [0.1, 0.15) is 0 Å². The lowest BCUT2D eigenvalue weighted by molar-refractivity contribution is 0.0956. The largest absolute Gasteiger partial charge is 0.351 e. The predicted molar refractivity (Wildman–Crippen MR) is 123 cm³/mol. The lowest BCUT2D eigenvalue weighted by atomic mass is 10.0. The van der Waals surface area contributed by atoms with Crippen LogP contribution in [0.5, 0.6) is 0 Å². The highest BCUT2D eigenvalue weighted by Gasteiger charge is 2.29. The van der Waals surface area contributed by atoms with Gasteiger partial charge in [0.2, 0.25) is 10.0 Å². The molecule has 30 heavy (non-hydrogen) atoms. The Balaban J connectivity index is 1.62. The average Bonchev–Trinajstić information content (AvgIpc) is 2.73. The van der Waals surface area contributed by atoms with Gasteiger partial charge < -0.3 is 5.32 Å². The van der Waals surface area contributed by atoms with Gasteiger partial charge in [-0.1, -0.05) is 30.1 Å². The lowest BCUT2D eigenvalue weighted by Gasteiger charge is -2.29. The molecule has 1 heterocycles. The molecule has 2 aromatic carbocycles. The molecule has 1 amide bonds. The van der Waals surface area contributed by atoms with Crippen molar-refractivity contribution in [1.29, 1.82) is 0 Å². The number of hydrogen-bond acceptors (Lipinski definition) is 4. The lowest BCUT2D eigenvalue weighted by Crippen LogP contribution is -2.38. The van der Waals surface area contributed by atoms with Crippen molar-refractivity contribution in [2.24, 2.45) is 5.92 Å². The Morgan fingerprint density at radius 2 is 1.80 bits per heavy atom. The van der Waals surface area contributed by atoms with Crippen LogP contribution in [0.3, 0.4) is 0 Å². The molecule has 0 spiro atoms. The Morgan fingerprint density at radius 1 is 1.13 bits per heavy atom. The molecule has 1 aliphatic heterocycles. The Bertz CT molecular complexity index is 990. The zero-order valence-corrected chi connectivity index (χ0v) is 19.8. The number of carbonyl (C=O) groups excluding carboxylic acids is 1. The van der Waals surface area contributed by atoms with E-state index >= 15 is 0 Å². The summed E-state index contributed by atoms with van der Waals surface area (Å²) in [6, 6.07) is 11.8. The van der Waals surface area contributed by atoms with Gasteiger partial charge in [-0.05, 0) is 61.2 Å². The molecule has 9 heteroatoms. The number of sulfonamides is 1. The van der Waals surface area contributed by atoms with E-state index in [1.807, 2.05) is 24.3 Å². The van der Waals surface area contributed by atoms with E-state index in [1.165, 1.54) is 22.5 Å². The first-order valence-corrected chi connectivity index (χ1v) is 12.9. The fraction of sp³-hybridized carbons (Fsp3) is 0.381. The maximum atomic E-state index is 13.0. The van der Waals surface area contributed by atoms with Gasteiger partial charge in [-0.2, -0.15) is 4.31 Å². The topological polar surface area (TPSA) is 66.5 Å². The Kier molecular flexibility index (Phi) is 8.10. The molecule has 0 bridgehead atoms. The van der Waals surface area contributed by atoms with Crippen LogP contribution in [0.15, 0.2) is 52.3 Å². The third-order valence-corrected chi connectivity index (χ3v) is 8.52. The van der Waals surface area contributed by atoms with Crippen LogP contribution in [0.4, 0.5) is 0 Å². The average molecular weight is 487 g/mol. The molecule has 2 aromatic rings. The smallest absolute Gasteiger partial charge is 0.252 e. The summed E-state index contributed by atoms with van der Waals surface area (Å²) in [5.41, 5.74) is 0.166. The highest BCUT2D eigenvalue weighted by Crippen LogP contribution is 2.26. The number of rotatable bonds is 7. The molecular weight excluding hydrogens is 463 g/mol. The highest BCUT2D eigenvalue weighted by atomic mass is 35.5. The summed E-state index contributed by atoms with van der Waals surface area (Å²) >= 11 is 13.6. The minimum absolute atomic E-state index is 0.0992. The van der Waals surface area contributed by atoms with Crippen molar-refractivity contribution in [3.63, 3.8) is 0 Å². The van der Waals surface area contributed by atoms with Crippen LogP contribution in [0.25, 0.3) is 0 Å². The first kappa shape index (κ1) is 23.4. The molecule has 1 saturated heterocycles. The normalized spacial score (nSPS) is 15.8. The summed E-state index contributed by atoms with van der Waals surface area (Å²) in [5, 5.41) is 3.71. The third kappa shape index (κ3) is 5.92. The van der Waals surface area contributed by atoms with E-state index < -0.39 is 10.0 Å². The van der Waals surface area contributed by atoms with Crippen molar-refractivity contribution in [3.8, 4) is 0 Å². The van der Waals surface area contributed by atoms with Gasteiger partial charge in [0, 0.05) is 35.3 Å². The van der Waals surface area contributed by atoms with Crippen molar-refractivity contribution < 1.29 is 13.2 Å². The van der Waals surface area contributed by atoms with Crippen LogP contribution in [-0.2, 0) is 10.0 Å². The van der Waals surface area contributed by atoms with Crippen molar-refractivity contribution in [1.82, 2.24) is 9.62 Å². The molecular formula is C21H24Cl2N2O3S2. The summed E-state index contributed by atoms with van der Waals surface area (Å²) < 4.78 is 27.4. The Hall–Kier alpha value is -1.25. The van der Waals surface area contributed by atoms with Crippen LogP contribution < -0.4 is 5.32 Å². The summed E-state index contributed by atoms with van der Waals surface area (Å²) in [6.45, 7) is 3.54. The zero-order chi connectivity index (χ0) is 21.7. The molecule has 0 unspecified atom stereocenters. The molecule has 0 aliphatic carbocycles. The quantitative estimate of drug-likeness (QED) is 0.444. The van der Waals surface area contributed by atoms with Crippen LogP contribution in [-0.4, -0.2) is 44.0 Å². The van der Waals surface area contributed by atoms with E-state index in [1.54, 1.807) is 11.8 Å². The van der Waals surface area contributed by atoms with E-state index in [9.17, 15) is 13.2 Å². The number of halogens is 2. The van der Waals surface area contributed by atoms with E-state index in [4.69, 9.17) is 23.2 Å². The second-order valence-corrected chi connectivity index (χ2v) is 11.2. The van der Waals surface area contributed by atoms with Gasteiger partial charge in [0.15, 0.2) is 0 Å². The van der Waals surface area contributed by atoms with Gasteiger partial charge in [0.05, 0.1) is 15.5 Å². The van der Waals surface area contributed by atoms with Gasteiger partial charge >= 0.3 is 0 Å². The second-order valence-electron chi connectivity index (χ2n) is 7.29. The monoisotopic (exact) mass is 486 g/mol. The van der Waals surface area contributed by atoms with E-state index in [0.29, 0.717) is 36.3 Å². The molecule has 5 nitrogen and oxygen atoms in total. The van der Waals surface area contributed by atoms with Crippen LogP contribution in [0, 0.1) is 5.92 Å². The fourth-order valence-corrected chi connectivity index (χ4v) is 5.77. The highest BCUT2D eigenvalue weighted by molar-refractivity contribution is 7.99. The van der Waals surface area contributed by atoms with Crippen molar-refractivity contribution in [2.75, 3.05) is 25.4 Å². The maximum absolute atomic E-state index is 13.0. The summed E-state index contributed by atoms with van der Waals surface area (Å²) in [5.74, 6) is 0.796. The number of nitrogens with one attached hydrogen (secondary N) is 1. The number of amides is 1. The summed E-state index contributed by atoms with van der Waals surface area (Å²) in [4.78, 5) is 13.7. The van der Waals surface area contributed by atoms with Gasteiger partial charge in [0.25, 0.3) is 5.91 Å². The first-order valence-electron chi connectivity index (χ1n) is 9.73. The molecule has 0 radical (unpaired) electrons. The maximum Gasteiger partial charge on any atom is 0.252 e. The van der Waals surface area contributed by atoms with E-state index in [2.05, 4.69) is 12.2 Å². The Morgan fingerprint density at radius 3 is 2.47 bits per heavy atom. The van der Waals surface area contributed by atoms with Gasteiger partial charge in [-0.15, -0.1) is 11.8 Å². The molecule has 1 N–H and O–H groups in total. The fourth-order valence-electron chi connectivity index (χ4n) is 3.17. The summed E-state index contributed by atoms with van der Waals surface area (Å²) in [7, 11) is -3.64. The molecule has 1 aliphatic rings. The standard InChI is InChI=1S/C21H24Cl2N2O3S2/c1-15-8-11-25(12-9-15)30(27,28)18-6-7-20(23)19(14-18)21(26)24-10-13-29-17-4-2-16(22)3-5-17/h2-7,14-15H,8-13H2,1H3,(H,24,26). The summed E-state index contributed by atoms with van der Waals surface area (Å²) in [6.07, 6.45) is 1.68. The molecule has 162 valence electrons. The number of hydrogen-bond donors (Lipinski definition) is 1. The van der Waals surface area contributed by atoms with Crippen LogP contribution in [0.1, 0.15) is 30.1 Å². The van der Waals surface area contributed by atoms with Crippen molar-refractivity contribution >= 4 is 50.9 Å². The predicted octanol–water partition coefficient (Wildman–Crippen LogP) is 4.94.